The van der Waals surface area contributed by atoms with Gasteiger partial charge in [-0.3, -0.25) is 0 Å². The molecule has 0 radical (unpaired) electrons. The lowest BCUT2D eigenvalue weighted by Crippen LogP contribution is -2.39. The van der Waals surface area contributed by atoms with Gasteiger partial charge in [0.15, 0.2) is 0 Å². The molecule has 0 aliphatic carbocycles. The van der Waals surface area contributed by atoms with E-state index in [-0.39, 0.29) is 13.1 Å². The number of rotatable bonds is 10. The van der Waals surface area contributed by atoms with Crippen molar-refractivity contribution in [1.82, 2.24) is 4.31 Å². The van der Waals surface area contributed by atoms with Crippen LogP contribution < -0.4 is 9.47 Å². The maximum absolute atomic E-state index is 13.7. The van der Waals surface area contributed by atoms with Crippen molar-refractivity contribution in [3.05, 3.63) is 93.7 Å². The summed E-state index contributed by atoms with van der Waals surface area (Å²) in [4.78, 5) is 0. The number of sulfonamides is 1. The van der Waals surface area contributed by atoms with Gasteiger partial charge in [-0.05, 0) is 60.0 Å². The average Bonchev–Trinajstić information content (AvgIpc) is 2.83. The molecule has 1 N–H and O–H groups in total. The Balaban J connectivity index is 1.93. The maximum Gasteiger partial charge on any atom is 0.220 e. The first-order valence-electron chi connectivity index (χ1n) is 10.5. The van der Waals surface area contributed by atoms with Crippen LogP contribution in [0.1, 0.15) is 29.7 Å². The summed E-state index contributed by atoms with van der Waals surface area (Å²) in [6.45, 7) is 1.64. The molecule has 9 heteroatoms. The number of methoxy groups -OCH3 is 2. The zero-order chi connectivity index (χ0) is 24.9. The first-order valence-corrected chi connectivity index (χ1v) is 12.8. The van der Waals surface area contributed by atoms with Gasteiger partial charge in [-0.1, -0.05) is 46.3 Å². The van der Waals surface area contributed by atoms with Crippen molar-refractivity contribution in [2.24, 2.45) is 0 Å². The lowest BCUT2D eigenvalue weighted by molar-refractivity contribution is 0.171. The molecule has 0 saturated carbocycles. The van der Waals surface area contributed by atoms with Crippen LogP contribution in [0.3, 0.4) is 0 Å². The normalized spacial score (nSPS) is 13.5. The summed E-state index contributed by atoms with van der Waals surface area (Å²) >= 11 is 3.22. The molecule has 3 rings (SSSR count). The Morgan fingerprint density at radius 2 is 1.38 bits per heavy atom. The van der Waals surface area contributed by atoms with Crippen molar-refractivity contribution in [3.63, 3.8) is 0 Å². The van der Waals surface area contributed by atoms with E-state index >= 15 is 0 Å². The average molecular weight is 552 g/mol. The van der Waals surface area contributed by atoms with Crippen molar-refractivity contribution in [2.75, 3.05) is 14.2 Å². The lowest BCUT2D eigenvalue weighted by Gasteiger charge is -2.29. The summed E-state index contributed by atoms with van der Waals surface area (Å²) < 4.78 is 52.9. The second kappa shape index (κ2) is 11.3. The minimum absolute atomic E-state index is 0.0972. The van der Waals surface area contributed by atoms with E-state index in [2.05, 4.69) is 15.9 Å². The van der Waals surface area contributed by atoms with Crippen LogP contribution in [0.15, 0.2) is 71.2 Å². The van der Waals surface area contributed by atoms with Gasteiger partial charge < -0.3 is 14.6 Å². The molecule has 0 heterocycles. The zero-order valence-corrected chi connectivity index (χ0v) is 21.5. The summed E-state index contributed by atoms with van der Waals surface area (Å²) in [5.41, 5.74) is 1.83. The molecule has 0 spiro atoms. The van der Waals surface area contributed by atoms with Crippen molar-refractivity contribution < 1.29 is 27.4 Å². The van der Waals surface area contributed by atoms with E-state index in [9.17, 15) is 17.9 Å². The molecule has 0 saturated heterocycles. The topological polar surface area (TPSA) is 76.1 Å². The Kier molecular flexibility index (Phi) is 8.70. The molecule has 6 nitrogen and oxygen atoms in total. The summed E-state index contributed by atoms with van der Waals surface area (Å²) in [6, 6.07) is 18.0. The highest BCUT2D eigenvalue weighted by atomic mass is 79.9. The molecular weight excluding hydrogens is 525 g/mol. The fraction of sp³-hybridized carbons (Fsp3) is 0.280. The molecule has 0 aliphatic heterocycles. The van der Waals surface area contributed by atoms with Gasteiger partial charge in [-0.25, -0.2) is 12.8 Å². The van der Waals surface area contributed by atoms with E-state index in [1.807, 2.05) is 0 Å². The zero-order valence-electron chi connectivity index (χ0n) is 19.1. The van der Waals surface area contributed by atoms with E-state index in [1.54, 1.807) is 62.8 Å². The fourth-order valence-electron chi connectivity index (χ4n) is 3.50. The molecule has 0 amide bonds. The number of aliphatic hydroxyl groups is 1. The highest BCUT2D eigenvalue weighted by molar-refractivity contribution is 9.10. The number of ether oxygens (including phenoxy) is 2. The Morgan fingerprint density at radius 1 is 0.912 bits per heavy atom. The number of hydrogen-bond acceptors (Lipinski definition) is 5. The molecule has 0 bridgehead atoms. The minimum Gasteiger partial charge on any atom is -0.497 e. The Hall–Kier alpha value is -2.46. The van der Waals surface area contributed by atoms with Crippen molar-refractivity contribution in [3.8, 4) is 11.5 Å². The largest absolute Gasteiger partial charge is 0.497 e. The van der Waals surface area contributed by atoms with Gasteiger partial charge in [-0.15, -0.1) is 0 Å². The molecule has 3 aromatic rings. The molecule has 3 aromatic carbocycles. The van der Waals surface area contributed by atoms with Crippen LogP contribution in [0, 0.1) is 5.82 Å². The smallest absolute Gasteiger partial charge is 0.220 e. The first-order chi connectivity index (χ1) is 16.1. The van der Waals surface area contributed by atoms with Crippen molar-refractivity contribution in [1.29, 1.82) is 0 Å². The molecule has 0 fully saturated rings. The quantitative estimate of drug-likeness (QED) is 0.381. The number of hydrogen-bond donors (Lipinski definition) is 1. The van der Waals surface area contributed by atoms with Gasteiger partial charge in [0.05, 0.1) is 20.3 Å². The first kappa shape index (κ1) is 26.2. The van der Waals surface area contributed by atoms with Gasteiger partial charge in [0.2, 0.25) is 10.0 Å². The fourth-order valence-corrected chi connectivity index (χ4v) is 5.68. The Bertz CT molecular complexity index is 1150. The van der Waals surface area contributed by atoms with E-state index in [1.165, 1.54) is 29.4 Å². The monoisotopic (exact) mass is 551 g/mol. The van der Waals surface area contributed by atoms with Crippen LogP contribution in [0.2, 0.25) is 0 Å². The predicted molar refractivity (Wildman–Crippen MR) is 133 cm³/mol. The second-order valence-electron chi connectivity index (χ2n) is 7.82. The third-order valence-corrected chi connectivity index (χ3v) is 8.45. The maximum atomic E-state index is 13.7. The molecule has 0 aliphatic rings. The van der Waals surface area contributed by atoms with E-state index in [0.29, 0.717) is 21.5 Å². The van der Waals surface area contributed by atoms with E-state index in [4.69, 9.17) is 9.47 Å². The van der Waals surface area contributed by atoms with Gasteiger partial charge >= 0.3 is 0 Å². The van der Waals surface area contributed by atoms with Gasteiger partial charge in [0.25, 0.3) is 0 Å². The standard InChI is InChI=1S/C25H27BrFNO5S/c1-17(25(29)23-13-8-20(27)14-24(23)26)34(30,31)28(15-18-4-9-21(32-2)10-5-18)16-19-6-11-22(33-3)12-7-19/h4-14,17,25,29H,15-16H2,1-3H3/t17?,25-/m1/s1. The Morgan fingerprint density at radius 3 is 1.79 bits per heavy atom. The molecule has 2 atom stereocenters. The predicted octanol–water partition coefficient (Wildman–Crippen LogP) is 5.06. The van der Waals surface area contributed by atoms with Crippen LogP contribution >= 0.6 is 15.9 Å². The SMILES string of the molecule is COc1ccc(CN(Cc2ccc(OC)cc2)S(=O)(=O)C(C)[C@@H](O)c2ccc(F)cc2Br)cc1. The summed E-state index contributed by atoms with van der Waals surface area (Å²) in [5, 5.41) is 9.73. The molecular formula is C25H27BrFNO5S. The third kappa shape index (κ3) is 6.15. The number of nitrogens with zero attached hydrogens (tertiary/aromatic N) is 1. The van der Waals surface area contributed by atoms with Crippen LogP contribution in [0.25, 0.3) is 0 Å². The summed E-state index contributed by atoms with van der Waals surface area (Å²) in [6.07, 6.45) is -1.37. The number of aliphatic hydroxyl groups excluding tert-OH is 1. The molecule has 34 heavy (non-hydrogen) atoms. The Labute approximate surface area is 208 Å². The minimum atomic E-state index is -4.00. The molecule has 182 valence electrons. The van der Waals surface area contributed by atoms with Crippen molar-refractivity contribution >= 4 is 26.0 Å². The molecule has 0 aromatic heterocycles. The van der Waals surface area contributed by atoms with Crippen LogP contribution in [-0.4, -0.2) is 37.3 Å². The third-order valence-electron chi connectivity index (χ3n) is 5.59. The summed E-state index contributed by atoms with van der Waals surface area (Å²) in [5.74, 6) is 0.843. The highest BCUT2D eigenvalue weighted by Gasteiger charge is 2.35. The van der Waals surface area contributed by atoms with Gasteiger partial charge in [0, 0.05) is 17.6 Å². The summed E-state index contributed by atoms with van der Waals surface area (Å²) in [7, 11) is -0.874. The van der Waals surface area contributed by atoms with Crippen molar-refractivity contribution in [2.45, 2.75) is 31.4 Å². The van der Waals surface area contributed by atoms with Crippen LogP contribution in [0.4, 0.5) is 4.39 Å². The van der Waals surface area contributed by atoms with E-state index in [0.717, 1.165) is 11.1 Å². The van der Waals surface area contributed by atoms with Crippen LogP contribution in [0.5, 0.6) is 11.5 Å². The second-order valence-corrected chi connectivity index (χ2v) is 11.0. The lowest BCUT2D eigenvalue weighted by atomic mass is 10.1. The van der Waals surface area contributed by atoms with E-state index < -0.39 is 27.2 Å². The van der Waals surface area contributed by atoms with Crippen LogP contribution in [-0.2, 0) is 23.1 Å². The van der Waals surface area contributed by atoms with Gasteiger partial charge in [0.1, 0.15) is 22.6 Å². The highest BCUT2D eigenvalue weighted by Crippen LogP contribution is 2.31. The number of halogens is 2. The van der Waals surface area contributed by atoms with Gasteiger partial charge in [-0.2, -0.15) is 4.31 Å². The molecule has 1 unspecified atom stereocenters. The number of benzene rings is 3.